The van der Waals surface area contributed by atoms with E-state index in [1.54, 1.807) is 0 Å². The summed E-state index contributed by atoms with van der Waals surface area (Å²) in [5.41, 5.74) is 3.62. The second-order valence-electron chi connectivity index (χ2n) is 12.1. The zero-order valence-corrected chi connectivity index (χ0v) is 29.4. The predicted molar refractivity (Wildman–Crippen MR) is 199 cm³/mol. The fraction of sp³-hybridized carbons (Fsp3) is 0.323. The molecule has 0 saturated heterocycles. The molecule has 16 heteroatoms. The molecule has 0 unspecified atom stereocenters. The summed E-state index contributed by atoms with van der Waals surface area (Å²) in [6.45, 7) is 2.64. The molecule has 0 aliphatic carbocycles. The van der Waals surface area contributed by atoms with Crippen LogP contribution < -0.4 is 9.47 Å². The molecule has 3 rings (SSSR count). The van der Waals surface area contributed by atoms with Crippen LogP contribution in [0.4, 0.5) is 0 Å². The van der Waals surface area contributed by atoms with Gasteiger partial charge in [0.15, 0.2) is 0 Å². The number of benzene rings is 3. The topological polar surface area (TPSA) is 133 Å². The predicted octanol–water partition coefficient (Wildman–Crippen LogP) is -1.25. The summed E-state index contributed by atoms with van der Waals surface area (Å²) in [7, 11) is 7.47. The number of esters is 3. The van der Waals surface area contributed by atoms with Gasteiger partial charge in [-0.2, -0.15) is 8.42 Å². The first kappa shape index (κ1) is 37.8. The quantitative estimate of drug-likeness (QED) is 0.0981. The highest BCUT2D eigenvalue weighted by Gasteiger charge is 2.31. The van der Waals surface area contributed by atoms with Gasteiger partial charge in [0, 0.05) is 0 Å². The van der Waals surface area contributed by atoms with Crippen LogP contribution in [0.15, 0.2) is 42.5 Å². The Morgan fingerprint density at radius 3 is 1.19 bits per heavy atom. The molecule has 0 atom stereocenters. The molecule has 242 valence electrons. The lowest BCUT2D eigenvalue weighted by Crippen LogP contribution is -2.36. The normalized spacial score (nSPS) is 11.6. The SMILES string of the molecule is BCc1cc(CB)c(OC(=O)c2cc(C(=O)Oc3c(CB)cc(CB)cc3CB)cc(C(=O)OC(C)(C)CS(=O)(=O)O)c2)c(CB)c1. The van der Waals surface area contributed by atoms with Crippen LogP contribution in [0, 0.1) is 0 Å². The van der Waals surface area contributed by atoms with E-state index in [0.717, 1.165) is 46.0 Å². The lowest BCUT2D eigenvalue weighted by atomic mass is 9.85. The maximum absolute atomic E-state index is 13.7. The van der Waals surface area contributed by atoms with Crippen LogP contribution in [0.1, 0.15) is 78.3 Å². The molecule has 1 N–H and O–H groups in total. The Balaban J connectivity index is 2.12. The molecule has 0 bridgehead atoms. The van der Waals surface area contributed by atoms with E-state index in [0.29, 0.717) is 36.8 Å². The van der Waals surface area contributed by atoms with Crippen molar-refractivity contribution in [2.75, 3.05) is 5.75 Å². The van der Waals surface area contributed by atoms with Crippen LogP contribution in [0.2, 0.25) is 0 Å². The van der Waals surface area contributed by atoms with E-state index in [1.807, 2.05) is 71.3 Å². The Hall–Kier alpha value is -3.63. The van der Waals surface area contributed by atoms with E-state index in [4.69, 9.17) is 14.2 Å². The minimum Gasteiger partial charge on any atom is -0.455 e. The number of carbonyl (C=O) groups is 3. The van der Waals surface area contributed by atoms with Crippen LogP contribution in [0.5, 0.6) is 11.5 Å². The Bertz CT molecular complexity index is 1630. The minimum absolute atomic E-state index is 0.101. The van der Waals surface area contributed by atoms with E-state index in [9.17, 15) is 27.4 Å². The summed E-state index contributed by atoms with van der Waals surface area (Å²) < 4.78 is 49.7. The summed E-state index contributed by atoms with van der Waals surface area (Å²) in [6, 6.07) is 11.7. The Morgan fingerprint density at radius 2 is 0.915 bits per heavy atom. The summed E-state index contributed by atoms with van der Waals surface area (Å²) in [4.78, 5) is 40.8. The van der Waals surface area contributed by atoms with Gasteiger partial charge in [-0.3, -0.25) is 4.55 Å². The molecule has 0 fully saturated rings. The molecule has 3 aromatic rings. The van der Waals surface area contributed by atoms with Gasteiger partial charge in [0.1, 0.15) is 69.9 Å². The van der Waals surface area contributed by atoms with Gasteiger partial charge in [-0.05, 0) is 54.3 Å². The minimum atomic E-state index is -4.48. The largest absolute Gasteiger partial charge is 0.455 e. The molecular formula is C31H40B6O9S. The van der Waals surface area contributed by atoms with Crippen molar-refractivity contribution in [3.8, 4) is 11.5 Å². The van der Waals surface area contributed by atoms with Crippen LogP contribution in [-0.4, -0.2) is 89.3 Å². The summed E-state index contributed by atoms with van der Waals surface area (Å²) >= 11 is 0. The van der Waals surface area contributed by atoms with Crippen molar-refractivity contribution >= 4 is 75.1 Å². The molecule has 47 heavy (non-hydrogen) atoms. The Kier molecular flexibility index (Phi) is 12.9. The average molecular weight is 654 g/mol. The van der Waals surface area contributed by atoms with Crippen molar-refractivity contribution in [1.29, 1.82) is 0 Å². The highest BCUT2D eigenvalue weighted by Crippen LogP contribution is 2.30. The number of hydrogen-bond acceptors (Lipinski definition) is 8. The second kappa shape index (κ2) is 16.0. The fourth-order valence-electron chi connectivity index (χ4n) is 5.44. The van der Waals surface area contributed by atoms with Gasteiger partial charge in [-0.25, -0.2) is 14.4 Å². The van der Waals surface area contributed by atoms with Crippen molar-refractivity contribution in [2.45, 2.75) is 57.4 Å². The molecule has 3 aromatic carbocycles. The smallest absolute Gasteiger partial charge is 0.343 e. The number of rotatable bonds is 14. The lowest BCUT2D eigenvalue weighted by Gasteiger charge is -2.23. The van der Waals surface area contributed by atoms with Crippen molar-refractivity contribution in [2.24, 2.45) is 0 Å². The first-order valence-electron chi connectivity index (χ1n) is 16.2. The maximum Gasteiger partial charge on any atom is 0.343 e. The first-order valence-corrected chi connectivity index (χ1v) is 17.8. The van der Waals surface area contributed by atoms with Crippen LogP contribution in [-0.2, 0) is 52.8 Å². The molecule has 0 aliphatic heterocycles. The Labute approximate surface area is 283 Å². The molecule has 9 nitrogen and oxygen atoms in total. The van der Waals surface area contributed by atoms with Crippen molar-refractivity contribution in [1.82, 2.24) is 0 Å². The van der Waals surface area contributed by atoms with E-state index in [2.05, 4.69) is 0 Å². The molecular weight excluding hydrogens is 613 g/mol. The van der Waals surface area contributed by atoms with E-state index in [1.165, 1.54) is 32.0 Å². The molecule has 0 saturated carbocycles. The third-order valence-electron chi connectivity index (χ3n) is 7.87. The van der Waals surface area contributed by atoms with E-state index in [-0.39, 0.29) is 16.7 Å². The zero-order valence-electron chi connectivity index (χ0n) is 28.6. The third kappa shape index (κ3) is 9.93. The van der Waals surface area contributed by atoms with Crippen molar-refractivity contribution in [3.05, 3.63) is 92.5 Å². The lowest BCUT2D eigenvalue weighted by molar-refractivity contribution is 0.00783. The molecule has 0 heterocycles. The average Bonchev–Trinajstić information content (AvgIpc) is 3.02. The Morgan fingerprint density at radius 1 is 0.596 bits per heavy atom. The van der Waals surface area contributed by atoms with Gasteiger partial charge in [0.25, 0.3) is 10.1 Å². The summed E-state index contributed by atoms with van der Waals surface area (Å²) in [5, 5.41) is 0. The van der Waals surface area contributed by atoms with Gasteiger partial charge < -0.3 is 14.2 Å². The van der Waals surface area contributed by atoms with Gasteiger partial charge in [0.2, 0.25) is 0 Å². The molecule has 0 radical (unpaired) electrons. The van der Waals surface area contributed by atoms with Gasteiger partial charge in [-0.1, -0.05) is 73.3 Å². The summed E-state index contributed by atoms with van der Waals surface area (Å²) in [6.07, 6.45) is 4.11. The molecule has 0 amide bonds. The van der Waals surface area contributed by atoms with Crippen LogP contribution in [0.25, 0.3) is 0 Å². The van der Waals surface area contributed by atoms with Crippen LogP contribution in [0.3, 0.4) is 0 Å². The van der Waals surface area contributed by atoms with Gasteiger partial charge in [-0.15, -0.1) is 0 Å². The standard InChI is InChI=1S/C31H40B6O9S/c1-31(2,16-47(41,42)43)46-30(40)21-8-19(28(38)44-26-22(12-34)3-17(10-32)4-23(26)13-35)7-20(9-21)29(39)45-27-24(14-36)5-18(11-33)6-25(27)15-37/h3-9H,10-16,32-37H2,1-2H3,(H,41,42,43). The zero-order chi connectivity index (χ0) is 35.1. The number of carbonyl (C=O) groups excluding carboxylic acids is 3. The first-order chi connectivity index (χ1) is 22.1. The van der Waals surface area contributed by atoms with E-state index >= 15 is 0 Å². The summed E-state index contributed by atoms with van der Waals surface area (Å²) in [5.74, 6) is -2.59. The van der Waals surface area contributed by atoms with Gasteiger partial charge >= 0.3 is 17.9 Å². The monoisotopic (exact) mass is 654 g/mol. The second-order valence-corrected chi connectivity index (χ2v) is 13.5. The molecule has 0 aliphatic rings. The maximum atomic E-state index is 13.7. The third-order valence-corrected chi connectivity index (χ3v) is 8.93. The molecule has 0 aromatic heterocycles. The highest BCUT2D eigenvalue weighted by molar-refractivity contribution is 7.85. The molecule has 0 spiro atoms. The number of ether oxygens (including phenoxy) is 3. The van der Waals surface area contributed by atoms with Crippen molar-refractivity contribution < 1.29 is 41.6 Å². The van der Waals surface area contributed by atoms with Crippen LogP contribution >= 0.6 is 0 Å². The fourth-order valence-corrected chi connectivity index (χ4v) is 6.37. The highest BCUT2D eigenvalue weighted by atomic mass is 32.2. The number of hydrogen-bond donors (Lipinski definition) is 1. The van der Waals surface area contributed by atoms with E-state index < -0.39 is 39.4 Å². The van der Waals surface area contributed by atoms with Crippen molar-refractivity contribution in [3.63, 3.8) is 0 Å². The van der Waals surface area contributed by atoms with Gasteiger partial charge in [0.05, 0.1) is 16.7 Å².